The van der Waals surface area contributed by atoms with Gasteiger partial charge in [-0.1, -0.05) is 12.1 Å². The number of aliphatic imine (C=N–C) groups is 1. The Balaban J connectivity index is 1.39. The summed E-state index contributed by atoms with van der Waals surface area (Å²) in [7, 11) is -1.31. The third-order valence-electron chi connectivity index (χ3n) is 7.02. The maximum atomic E-state index is 11.4. The Morgan fingerprint density at radius 2 is 1.22 bits per heavy atom. The number of benzene rings is 5. The van der Waals surface area contributed by atoms with Crippen LogP contribution in [-0.2, 0) is 10.1 Å². The van der Waals surface area contributed by atoms with E-state index in [-0.39, 0.29) is 10.8 Å². The van der Waals surface area contributed by atoms with Gasteiger partial charge in [0.15, 0.2) is 0 Å². The Morgan fingerprint density at radius 3 is 1.85 bits per heavy atom. The van der Waals surface area contributed by atoms with Gasteiger partial charge in [-0.3, -0.25) is 4.55 Å². The van der Waals surface area contributed by atoms with Crippen molar-refractivity contribution >= 4 is 60.9 Å². The standard InChI is InChI=1S/C33H30N6O6S/c1-19-14-28(20(2)13-27(19)35-33(40)21-5-9-24(34)10-6-21)37-39-30-18-31(44-3)29(17-32(30)45-4)38-36-25-11-7-23-16-26(46(41,42)43)12-8-22(23)15-25/h5-18H,34H2,1-4H3,(H,35,40)(H,41,42,43). The molecule has 0 aliphatic carbocycles. The molecule has 0 heterocycles. The van der Waals surface area contributed by atoms with Gasteiger partial charge in [0, 0.05) is 23.4 Å². The van der Waals surface area contributed by atoms with Gasteiger partial charge in [0.25, 0.3) is 10.1 Å². The van der Waals surface area contributed by atoms with Crippen LogP contribution in [-0.4, -0.2) is 38.2 Å². The predicted octanol–water partition coefficient (Wildman–Crippen LogP) is 8.77. The second-order valence-electron chi connectivity index (χ2n) is 10.2. The summed E-state index contributed by atoms with van der Waals surface area (Å²) in [6.45, 7) is 3.73. The SMILES string of the molecule is COc1cc(N=Nc2cc(C)c(N=C(O)c3ccc(N)cc3)cc2C)c(OC)cc1N=Nc1ccc2cc(S(=O)(=O)O)ccc2c1. The topological polar surface area (TPSA) is 181 Å². The lowest BCUT2D eigenvalue weighted by Crippen LogP contribution is -1.99. The predicted molar refractivity (Wildman–Crippen MR) is 177 cm³/mol. The van der Waals surface area contributed by atoms with E-state index in [1.165, 1.54) is 26.4 Å². The molecule has 5 aromatic carbocycles. The number of hydrogen-bond donors (Lipinski definition) is 3. The van der Waals surface area contributed by atoms with Crippen molar-refractivity contribution in [3.8, 4) is 11.5 Å². The van der Waals surface area contributed by atoms with Crippen molar-refractivity contribution in [2.75, 3.05) is 20.0 Å². The van der Waals surface area contributed by atoms with Gasteiger partial charge >= 0.3 is 0 Å². The van der Waals surface area contributed by atoms with Crippen molar-refractivity contribution in [1.29, 1.82) is 0 Å². The molecule has 0 fully saturated rings. The molecule has 5 aromatic rings. The van der Waals surface area contributed by atoms with Crippen LogP contribution in [0.25, 0.3) is 10.8 Å². The van der Waals surface area contributed by atoms with Crippen molar-refractivity contribution in [3.63, 3.8) is 0 Å². The average molecular weight is 639 g/mol. The molecule has 0 amide bonds. The maximum Gasteiger partial charge on any atom is 0.294 e. The minimum absolute atomic E-state index is 0.124. The molecule has 0 aliphatic rings. The largest absolute Gasteiger partial charge is 0.494 e. The number of aryl methyl sites for hydroxylation is 2. The molecule has 0 aromatic heterocycles. The van der Waals surface area contributed by atoms with Gasteiger partial charge in [-0.25, -0.2) is 4.99 Å². The number of aliphatic hydroxyl groups is 1. The molecule has 0 aliphatic heterocycles. The molecular weight excluding hydrogens is 608 g/mol. The first kappa shape index (κ1) is 31.8. The van der Waals surface area contributed by atoms with E-state index in [0.29, 0.717) is 62.0 Å². The second-order valence-corrected chi connectivity index (χ2v) is 11.7. The van der Waals surface area contributed by atoms with Gasteiger partial charge < -0.3 is 20.3 Å². The molecule has 234 valence electrons. The van der Waals surface area contributed by atoms with Crippen LogP contribution in [0.4, 0.5) is 34.1 Å². The highest BCUT2D eigenvalue weighted by Gasteiger charge is 2.13. The van der Waals surface area contributed by atoms with Gasteiger partial charge in [0.05, 0.1) is 36.2 Å². The molecule has 0 saturated heterocycles. The minimum Gasteiger partial charge on any atom is -0.494 e. The normalized spacial score (nSPS) is 12.3. The Kier molecular flexibility index (Phi) is 9.07. The zero-order valence-electron chi connectivity index (χ0n) is 25.3. The lowest BCUT2D eigenvalue weighted by Gasteiger charge is -2.10. The second kappa shape index (κ2) is 13.1. The minimum atomic E-state index is -4.31. The summed E-state index contributed by atoms with van der Waals surface area (Å²) in [6, 6.07) is 23.1. The van der Waals surface area contributed by atoms with E-state index in [9.17, 15) is 18.1 Å². The Bertz CT molecular complexity index is 2150. The molecule has 4 N–H and O–H groups in total. The summed E-state index contributed by atoms with van der Waals surface area (Å²) in [4.78, 5) is 4.19. The Morgan fingerprint density at radius 1 is 0.674 bits per heavy atom. The number of nitrogens with two attached hydrogens (primary N) is 1. The van der Waals surface area contributed by atoms with Crippen LogP contribution in [0.15, 0.2) is 115 Å². The number of azo groups is 2. The summed E-state index contributed by atoms with van der Waals surface area (Å²) < 4.78 is 43.3. The monoisotopic (exact) mass is 638 g/mol. The number of nitrogens with zero attached hydrogens (tertiary/aromatic N) is 5. The van der Waals surface area contributed by atoms with Crippen molar-refractivity contribution in [2.45, 2.75) is 18.7 Å². The number of rotatable bonds is 9. The van der Waals surface area contributed by atoms with Gasteiger partial charge in [-0.2, -0.15) is 18.6 Å². The average Bonchev–Trinajstić information content (AvgIpc) is 3.03. The van der Waals surface area contributed by atoms with Crippen LogP contribution in [0.2, 0.25) is 0 Å². The summed E-state index contributed by atoms with van der Waals surface area (Å²) in [5.41, 5.74) is 10.9. The van der Waals surface area contributed by atoms with Gasteiger partial charge in [-0.05, 0) is 96.4 Å². The van der Waals surface area contributed by atoms with E-state index in [0.717, 1.165) is 11.1 Å². The number of nitrogen functional groups attached to an aromatic ring is 1. The van der Waals surface area contributed by atoms with Gasteiger partial charge in [0.2, 0.25) is 5.90 Å². The van der Waals surface area contributed by atoms with Crippen molar-refractivity contribution in [1.82, 2.24) is 0 Å². The van der Waals surface area contributed by atoms with Crippen LogP contribution in [0.5, 0.6) is 11.5 Å². The molecule has 5 rings (SSSR count). The summed E-state index contributed by atoms with van der Waals surface area (Å²) in [6.07, 6.45) is 0. The highest BCUT2D eigenvalue weighted by molar-refractivity contribution is 7.85. The first-order chi connectivity index (χ1) is 21.9. The number of fused-ring (bicyclic) bond motifs is 1. The van der Waals surface area contributed by atoms with E-state index >= 15 is 0 Å². The molecule has 0 bridgehead atoms. The first-order valence-corrected chi connectivity index (χ1v) is 15.2. The number of ether oxygens (including phenoxy) is 2. The van der Waals surface area contributed by atoms with Crippen LogP contribution in [0, 0.1) is 13.8 Å². The molecule has 0 atom stereocenters. The highest BCUT2D eigenvalue weighted by atomic mass is 32.2. The lowest BCUT2D eigenvalue weighted by atomic mass is 10.1. The number of anilines is 1. The van der Waals surface area contributed by atoms with Crippen molar-refractivity contribution in [2.24, 2.45) is 25.4 Å². The molecule has 0 spiro atoms. The van der Waals surface area contributed by atoms with Gasteiger partial charge in [0.1, 0.15) is 22.9 Å². The Hall–Kier alpha value is -5.66. The summed E-state index contributed by atoms with van der Waals surface area (Å²) in [5, 5.41) is 29.3. The van der Waals surface area contributed by atoms with E-state index < -0.39 is 10.1 Å². The highest BCUT2D eigenvalue weighted by Crippen LogP contribution is 2.41. The molecule has 12 nitrogen and oxygen atoms in total. The molecular formula is C33H30N6O6S. The quantitative estimate of drug-likeness (QED) is 0.0474. The molecule has 0 radical (unpaired) electrons. The van der Waals surface area contributed by atoms with E-state index in [1.807, 2.05) is 26.0 Å². The van der Waals surface area contributed by atoms with Crippen LogP contribution in [0.1, 0.15) is 16.7 Å². The van der Waals surface area contributed by atoms with Crippen LogP contribution < -0.4 is 15.2 Å². The molecule has 46 heavy (non-hydrogen) atoms. The molecule has 0 unspecified atom stereocenters. The number of aliphatic hydroxyl groups excluding tert-OH is 1. The lowest BCUT2D eigenvalue weighted by molar-refractivity contribution is 0.405. The zero-order valence-corrected chi connectivity index (χ0v) is 26.1. The maximum absolute atomic E-state index is 11.4. The van der Waals surface area contributed by atoms with E-state index in [2.05, 4.69) is 25.4 Å². The third-order valence-corrected chi connectivity index (χ3v) is 7.87. The fourth-order valence-corrected chi connectivity index (χ4v) is 5.02. The molecule has 0 saturated carbocycles. The third kappa shape index (κ3) is 7.17. The van der Waals surface area contributed by atoms with Crippen LogP contribution >= 0.6 is 0 Å². The van der Waals surface area contributed by atoms with E-state index in [1.54, 1.807) is 60.7 Å². The molecule has 13 heteroatoms. The Labute approximate surface area is 265 Å². The number of methoxy groups -OCH3 is 2. The summed E-state index contributed by atoms with van der Waals surface area (Å²) in [5.74, 6) is 0.646. The fraction of sp³-hybridized carbons (Fsp3) is 0.121. The zero-order chi connectivity index (χ0) is 33.0. The van der Waals surface area contributed by atoms with Gasteiger partial charge in [-0.15, -0.1) is 10.2 Å². The number of hydrogen-bond acceptors (Lipinski definition) is 10. The van der Waals surface area contributed by atoms with Crippen molar-refractivity contribution < 1.29 is 27.6 Å². The van der Waals surface area contributed by atoms with Crippen LogP contribution in [0.3, 0.4) is 0 Å². The fourth-order valence-electron chi connectivity index (χ4n) is 4.50. The first-order valence-electron chi connectivity index (χ1n) is 13.8. The smallest absolute Gasteiger partial charge is 0.294 e. The van der Waals surface area contributed by atoms with Crippen molar-refractivity contribution in [3.05, 3.63) is 102 Å². The van der Waals surface area contributed by atoms with E-state index in [4.69, 9.17) is 15.2 Å². The summed E-state index contributed by atoms with van der Waals surface area (Å²) >= 11 is 0.